The minimum atomic E-state index is -0.525. The topological polar surface area (TPSA) is 0 Å². The summed E-state index contributed by atoms with van der Waals surface area (Å²) in [6.45, 7) is 0. The normalized spacial score (nSPS) is 75.3. The average Bonchev–Trinajstić information content (AvgIpc) is 2.18. The van der Waals surface area contributed by atoms with E-state index in [4.69, 9.17) is 11.6 Å². The van der Waals surface area contributed by atoms with Crippen LogP contribution in [0.4, 0.5) is 4.39 Å². The molecule has 0 nitrogen and oxygen atoms in total. The van der Waals surface area contributed by atoms with Crippen molar-refractivity contribution in [2.75, 3.05) is 0 Å². The Hall–Kier alpha value is 0.220. The van der Waals surface area contributed by atoms with Gasteiger partial charge in [0, 0.05) is 11.3 Å². The van der Waals surface area contributed by atoms with E-state index >= 15 is 0 Å². The second kappa shape index (κ2) is 1.16. The molecule has 6 atom stereocenters. The summed E-state index contributed by atoms with van der Waals surface area (Å²) in [6, 6.07) is 0. The van der Waals surface area contributed by atoms with E-state index in [-0.39, 0.29) is 11.3 Å². The Morgan fingerprint density at radius 2 is 2.00 bits per heavy atom. The highest BCUT2D eigenvalue weighted by molar-refractivity contribution is 6.21. The first kappa shape index (κ1) is 4.95. The van der Waals surface area contributed by atoms with Gasteiger partial charge < -0.3 is 0 Å². The maximum atomic E-state index is 13.0. The monoisotopic (exact) mass is 146 g/mol. The first-order valence-corrected chi connectivity index (χ1v) is 4.02. The molecule has 2 heteroatoms. The summed E-state index contributed by atoms with van der Waals surface area (Å²) >= 11 is 5.95. The molecule has 0 amide bonds. The van der Waals surface area contributed by atoms with Gasteiger partial charge in [-0.2, -0.15) is 0 Å². The van der Waals surface area contributed by atoms with Gasteiger partial charge in [0.25, 0.3) is 0 Å². The predicted octanol–water partition coefficient (Wildman–Crippen LogP) is 1.83. The van der Waals surface area contributed by atoms with E-state index in [2.05, 4.69) is 0 Å². The van der Waals surface area contributed by atoms with Crippen molar-refractivity contribution in [3.63, 3.8) is 0 Å². The molecule has 4 rings (SSSR count). The lowest BCUT2D eigenvalue weighted by Crippen LogP contribution is -2.11. The quantitative estimate of drug-likeness (QED) is 0.458. The fourth-order valence-corrected chi connectivity index (χ4v) is 3.56. The highest BCUT2D eigenvalue weighted by Crippen LogP contribution is 2.72. The van der Waals surface area contributed by atoms with Crippen LogP contribution in [0, 0.1) is 23.7 Å². The van der Waals surface area contributed by atoms with Crippen LogP contribution in [0.15, 0.2) is 0 Å². The summed E-state index contributed by atoms with van der Waals surface area (Å²) in [5.74, 6) is 1.93. The van der Waals surface area contributed by atoms with Gasteiger partial charge in [0.1, 0.15) is 6.17 Å². The van der Waals surface area contributed by atoms with Crippen LogP contribution >= 0.6 is 11.6 Å². The SMILES string of the molecule is F[C@@H]1[C@H]2C[C@@H]3[C@@H]([C@@H]2Cl)[C@@H]13. The molecular weight excluding hydrogens is 139 g/mol. The first-order chi connectivity index (χ1) is 4.30. The van der Waals surface area contributed by atoms with E-state index in [0.29, 0.717) is 17.8 Å². The number of rotatable bonds is 0. The Morgan fingerprint density at radius 1 is 1.22 bits per heavy atom. The van der Waals surface area contributed by atoms with Gasteiger partial charge in [0.05, 0.1) is 0 Å². The van der Waals surface area contributed by atoms with Gasteiger partial charge in [-0.1, -0.05) is 0 Å². The lowest BCUT2D eigenvalue weighted by atomic mass is 10.1. The summed E-state index contributed by atoms with van der Waals surface area (Å²) in [6.07, 6.45) is 0.562. The van der Waals surface area contributed by atoms with Gasteiger partial charge in [0.15, 0.2) is 0 Å². The van der Waals surface area contributed by atoms with Crippen LogP contribution in [0.3, 0.4) is 0 Å². The molecule has 0 aromatic heterocycles. The summed E-state index contributed by atoms with van der Waals surface area (Å²) < 4.78 is 13.0. The smallest absolute Gasteiger partial charge is 0.108 e. The standard InChI is InChI=1S/C7H8ClF/c8-6-3-1-2-4(6)5(2)7(3)9/h2-7H,1H2/t2-,3+,4-,5+,6-,7-/m1/s1. The van der Waals surface area contributed by atoms with Crippen LogP contribution in [0.25, 0.3) is 0 Å². The minimum absolute atomic E-state index is 0.204. The maximum absolute atomic E-state index is 13.0. The Morgan fingerprint density at radius 3 is 2.11 bits per heavy atom. The molecule has 0 aromatic rings. The molecular formula is C7H8ClF. The molecule has 0 saturated heterocycles. The van der Waals surface area contributed by atoms with Gasteiger partial charge >= 0.3 is 0 Å². The van der Waals surface area contributed by atoms with E-state index in [1.807, 2.05) is 0 Å². The van der Waals surface area contributed by atoms with Crippen molar-refractivity contribution >= 4 is 11.6 Å². The molecule has 0 aromatic carbocycles. The zero-order chi connectivity index (χ0) is 6.17. The number of alkyl halides is 2. The predicted molar refractivity (Wildman–Crippen MR) is 33.1 cm³/mol. The molecule has 4 saturated carbocycles. The van der Waals surface area contributed by atoms with Crippen molar-refractivity contribution in [3.05, 3.63) is 0 Å². The van der Waals surface area contributed by atoms with Gasteiger partial charge in [0.2, 0.25) is 0 Å². The zero-order valence-electron chi connectivity index (χ0n) is 4.93. The molecule has 4 aliphatic carbocycles. The molecule has 0 N–H and O–H groups in total. The third-order valence-electron chi connectivity index (χ3n) is 3.39. The van der Waals surface area contributed by atoms with Crippen LogP contribution in [0.5, 0.6) is 0 Å². The van der Waals surface area contributed by atoms with E-state index in [0.717, 1.165) is 6.42 Å². The fourth-order valence-electron chi connectivity index (χ4n) is 2.96. The van der Waals surface area contributed by atoms with Crippen LogP contribution in [-0.4, -0.2) is 11.5 Å². The number of halogens is 2. The number of hydrogen-bond acceptors (Lipinski definition) is 0. The molecule has 0 radical (unpaired) electrons. The third-order valence-corrected chi connectivity index (χ3v) is 4.00. The molecule has 0 aliphatic heterocycles. The molecule has 0 unspecified atom stereocenters. The van der Waals surface area contributed by atoms with Crippen LogP contribution < -0.4 is 0 Å². The largest absolute Gasteiger partial charge is 0.247 e. The molecule has 4 fully saturated rings. The average molecular weight is 147 g/mol. The molecule has 0 spiro atoms. The molecule has 4 bridgehead atoms. The van der Waals surface area contributed by atoms with Crippen molar-refractivity contribution in [3.8, 4) is 0 Å². The zero-order valence-corrected chi connectivity index (χ0v) is 5.68. The third kappa shape index (κ3) is 0.348. The van der Waals surface area contributed by atoms with Crippen LogP contribution in [0.1, 0.15) is 6.42 Å². The van der Waals surface area contributed by atoms with Crippen molar-refractivity contribution < 1.29 is 4.39 Å². The van der Waals surface area contributed by atoms with Crippen molar-refractivity contribution in [2.45, 2.75) is 18.0 Å². The van der Waals surface area contributed by atoms with Gasteiger partial charge in [-0.05, 0) is 24.2 Å². The van der Waals surface area contributed by atoms with Gasteiger partial charge in [-0.25, -0.2) is 4.39 Å². The van der Waals surface area contributed by atoms with Crippen LogP contribution in [-0.2, 0) is 0 Å². The van der Waals surface area contributed by atoms with Crippen molar-refractivity contribution in [1.82, 2.24) is 0 Å². The summed E-state index contributed by atoms with van der Waals surface area (Å²) in [4.78, 5) is 0. The first-order valence-electron chi connectivity index (χ1n) is 3.59. The highest BCUT2D eigenvalue weighted by Gasteiger charge is 2.73. The van der Waals surface area contributed by atoms with E-state index in [9.17, 15) is 4.39 Å². The minimum Gasteiger partial charge on any atom is -0.247 e. The van der Waals surface area contributed by atoms with E-state index in [1.165, 1.54) is 0 Å². The summed E-state index contributed by atoms with van der Waals surface area (Å²) in [5.41, 5.74) is 0. The number of hydrogen-bond donors (Lipinski definition) is 0. The summed E-state index contributed by atoms with van der Waals surface area (Å²) in [5, 5.41) is 0.204. The Bertz CT molecular complexity index is 150. The second-order valence-corrected chi connectivity index (χ2v) is 4.11. The fraction of sp³-hybridized carbons (Fsp3) is 1.00. The highest BCUT2D eigenvalue weighted by atomic mass is 35.5. The maximum Gasteiger partial charge on any atom is 0.108 e. The second-order valence-electron chi connectivity index (χ2n) is 3.61. The van der Waals surface area contributed by atoms with Gasteiger partial charge in [-0.15, -0.1) is 11.6 Å². The molecule has 9 heavy (non-hydrogen) atoms. The lowest BCUT2D eigenvalue weighted by Gasteiger charge is -2.06. The van der Waals surface area contributed by atoms with E-state index in [1.54, 1.807) is 0 Å². The molecule has 4 aliphatic rings. The van der Waals surface area contributed by atoms with Crippen LogP contribution in [0.2, 0.25) is 0 Å². The Labute approximate surface area is 58.4 Å². The van der Waals surface area contributed by atoms with Crippen molar-refractivity contribution in [1.29, 1.82) is 0 Å². The lowest BCUT2D eigenvalue weighted by molar-refractivity contribution is 0.272. The molecule has 50 valence electrons. The van der Waals surface area contributed by atoms with E-state index < -0.39 is 6.17 Å². The Kier molecular flexibility index (Phi) is 0.638. The van der Waals surface area contributed by atoms with Crippen molar-refractivity contribution in [2.24, 2.45) is 23.7 Å². The summed E-state index contributed by atoms with van der Waals surface area (Å²) in [7, 11) is 0. The Balaban J connectivity index is 2.07. The molecule has 0 heterocycles. The van der Waals surface area contributed by atoms with Gasteiger partial charge in [-0.3, -0.25) is 0 Å².